The number of alkyl halides is 1. The highest BCUT2D eigenvalue weighted by molar-refractivity contribution is 6.27. The van der Waals surface area contributed by atoms with Gasteiger partial charge in [-0.2, -0.15) is 0 Å². The summed E-state index contributed by atoms with van der Waals surface area (Å²) in [6.45, 7) is 7.08. The van der Waals surface area contributed by atoms with Gasteiger partial charge in [0, 0.05) is 6.54 Å². The first kappa shape index (κ1) is 20.7. The number of hydrogen-bond acceptors (Lipinski definition) is 3. The van der Waals surface area contributed by atoms with E-state index in [1.807, 2.05) is 0 Å². The van der Waals surface area contributed by atoms with E-state index in [2.05, 4.69) is 13.8 Å². The second-order valence-corrected chi connectivity index (χ2v) is 6.73. The third-order valence-electron chi connectivity index (χ3n) is 4.43. The Morgan fingerprint density at radius 3 is 2.57 bits per heavy atom. The number of carbonyl (C=O) groups is 1. The third kappa shape index (κ3) is 8.92. The van der Waals surface area contributed by atoms with Crippen molar-refractivity contribution in [2.75, 3.05) is 32.2 Å². The molecule has 0 aromatic rings. The molecule has 136 valence electrons. The SMILES string of the molecule is CCCCCC1CCOC(CN(CCCCC)C(=O)CCl)OC1. The first-order valence-electron chi connectivity index (χ1n) is 9.28. The molecule has 4 nitrogen and oxygen atoms in total. The molecule has 5 heteroatoms. The fourth-order valence-corrected chi connectivity index (χ4v) is 3.06. The highest BCUT2D eigenvalue weighted by atomic mass is 35.5. The average Bonchev–Trinajstić information content (AvgIpc) is 2.79. The molecule has 2 unspecified atom stereocenters. The van der Waals surface area contributed by atoms with E-state index in [-0.39, 0.29) is 18.1 Å². The Hall–Kier alpha value is -0.320. The number of rotatable bonds is 11. The third-order valence-corrected chi connectivity index (χ3v) is 4.66. The molecule has 1 rings (SSSR count). The van der Waals surface area contributed by atoms with Crippen LogP contribution in [0.1, 0.15) is 65.2 Å². The molecular formula is C18H34ClNO3. The molecule has 0 bridgehead atoms. The van der Waals surface area contributed by atoms with Gasteiger partial charge in [-0.25, -0.2) is 0 Å². The Kier molecular flexibility index (Phi) is 11.7. The monoisotopic (exact) mass is 347 g/mol. The summed E-state index contributed by atoms with van der Waals surface area (Å²) in [5.74, 6) is 0.584. The molecule has 1 heterocycles. The van der Waals surface area contributed by atoms with Crippen LogP contribution in [-0.2, 0) is 14.3 Å². The summed E-state index contributed by atoms with van der Waals surface area (Å²) in [6, 6.07) is 0. The van der Waals surface area contributed by atoms with Crippen LogP contribution in [0.25, 0.3) is 0 Å². The summed E-state index contributed by atoms with van der Waals surface area (Å²) in [5, 5.41) is 0. The lowest BCUT2D eigenvalue weighted by Crippen LogP contribution is -2.40. The highest BCUT2D eigenvalue weighted by Crippen LogP contribution is 2.19. The summed E-state index contributed by atoms with van der Waals surface area (Å²) in [6.07, 6.45) is 9.03. The molecule has 0 N–H and O–H groups in total. The molecule has 1 saturated heterocycles. The molecule has 0 saturated carbocycles. The van der Waals surface area contributed by atoms with Gasteiger partial charge >= 0.3 is 0 Å². The fraction of sp³-hybridized carbons (Fsp3) is 0.944. The van der Waals surface area contributed by atoms with E-state index < -0.39 is 0 Å². The minimum Gasteiger partial charge on any atom is -0.351 e. The van der Waals surface area contributed by atoms with Crippen molar-refractivity contribution in [2.45, 2.75) is 71.5 Å². The first-order chi connectivity index (χ1) is 11.2. The lowest BCUT2D eigenvalue weighted by molar-refractivity contribution is -0.153. The molecule has 23 heavy (non-hydrogen) atoms. The number of ether oxygens (including phenoxy) is 2. The van der Waals surface area contributed by atoms with Crippen LogP contribution in [0.3, 0.4) is 0 Å². The minimum absolute atomic E-state index is 0.0263. The van der Waals surface area contributed by atoms with Gasteiger partial charge in [-0.05, 0) is 25.2 Å². The number of nitrogens with zero attached hydrogens (tertiary/aromatic N) is 1. The predicted octanol–water partition coefficient (Wildman–Crippen LogP) is 4.20. The zero-order valence-electron chi connectivity index (χ0n) is 14.9. The number of carbonyl (C=O) groups excluding carboxylic acids is 1. The summed E-state index contributed by atoms with van der Waals surface area (Å²) in [7, 11) is 0. The van der Waals surface area contributed by atoms with Gasteiger partial charge in [0.05, 0.1) is 19.8 Å². The van der Waals surface area contributed by atoms with Crippen molar-refractivity contribution in [3.8, 4) is 0 Å². The predicted molar refractivity (Wildman–Crippen MR) is 94.8 cm³/mol. The number of halogens is 1. The van der Waals surface area contributed by atoms with Crippen LogP contribution in [0.15, 0.2) is 0 Å². The molecule has 1 fully saturated rings. The molecule has 0 aromatic carbocycles. The van der Waals surface area contributed by atoms with Crippen LogP contribution < -0.4 is 0 Å². The van der Waals surface area contributed by atoms with Gasteiger partial charge in [0.1, 0.15) is 5.88 Å². The van der Waals surface area contributed by atoms with Crippen LogP contribution in [0.4, 0.5) is 0 Å². The molecule has 2 atom stereocenters. The van der Waals surface area contributed by atoms with Crippen molar-refractivity contribution in [3.63, 3.8) is 0 Å². The van der Waals surface area contributed by atoms with Gasteiger partial charge in [-0.1, -0.05) is 46.0 Å². The normalized spacial score (nSPS) is 21.9. The van der Waals surface area contributed by atoms with E-state index in [0.29, 0.717) is 12.5 Å². The van der Waals surface area contributed by atoms with E-state index in [1.165, 1.54) is 25.7 Å². The molecule has 0 aliphatic carbocycles. The number of hydrogen-bond donors (Lipinski definition) is 0. The lowest BCUT2D eigenvalue weighted by Gasteiger charge is -2.26. The fourth-order valence-electron chi connectivity index (χ4n) is 2.89. The minimum atomic E-state index is -0.306. The standard InChI is InChI=1S/C18H34ClNO3/c1-3-5-7-9-16-10-12-22-18(23-15-16)14-20(17(21)13-19)11-8-6-4-2/h16,18H,3-15H2,1-2H3. The molecule has 1 aliphatic rings. The molecule has 0 radical (unpaired) electrons. The second kappa shape index (κ2) is 13.0. The maximum Gasteiger partial charge on any atom is 0.237 e. The van der Waals surface area contributed by atoms with Crippen LogP contribution in [0.2, 0.25) is 0 Å². The Labute approximate surface area is 146 Å². The zero-order valence-corrected chi connectivity index (χ0v) is 15.7. The van der Waals surface area contributed by atoms with Gasteiger partial charge in [0.15, 0.2) is 6.29 Å². The summed E-state index contributed by atoms with van der Waals surface area (Å²) in [4.78, 5) is 13.8. The van der Waals surface area contributed by atoms with Gasteiger partial charge in [-0.3, -0.25) is 4.79 Å². The summed E-state index contributed by atoms with van der Waals surface area (Å²) >= 11 is 5.73. The first-order valence-corrected chi connectivity index (χ1v) is 9.81. The number of amides is 1. The van der Waals surface area contributed by atoms with Crippen molar-refractivity contribution in [1.82, 2.24) is 4.90 Å². The van der Waals surface area contributed by atoms with E-state index in [1.54, 1.807) is 4.90 Å². The maximum absolute atomic E-state index is 12.0. The van der Waals surface area contributed by atoms with Gasteiger partial charge in [0.2, 0.25) is 5.91 Å². The molecule has 1 aliphatic heterocycles. The Morgan fingerprint density at radius 1 is 1.13 bits per heavy atom. The topological polar surface area (TPSA) is 38.8 Å². The van der Waals surface area contributed by atoms with Crippen LogP contribution in [-0.4, -0.2) is 49.3 Å². The smallest absolute Gasteiger partial charge is 0.237 e. The van der Waals surface area contributed by atoms with Crippen LogP contribution in [0, 0.1) is 5.92 Å². The molecular weight excluding hydrogens is 314 g/mol. The summed E-state index contributed by atoms with van der Waals surface area (Å²) in [5.41, 5.74) is 0. The number of unbranched alkanes of at least 4 members (excludes halogenated alkanes) is 4. The van der Waals surface area contributed by atoms with E-state index in [0.717, 1.165) is 45.4 Å². The highest BCUT2D eigenvalue weighted by Gasteiger charge is 2.23. The zero-order chi connectivity index (χ0) is 16.9. The molecule has 0 spiro atoms. The molecule has 0 aromatic heterocycles. The second-order valence-electron chi connectivity index (χ2n) is 6.46. The van der Waals surface area contributed by atoms with E-state index in [4.69, 9.17) is 21.1 Å². The van der Waals surface area contributed by atoms with Crippen molar-refractivity contribution in [1.29, 1.82) is 0 Å². The Balaban J connectivity index is 2.39. The van der Waals surface area contributed by atoms with Gasteiger partial charge in [0.25, 0.3) is 0 Å². The van der Waals surface area contributed by atoms with Crippen molar-refractivity contribution >= 4 is 17.5 Å². The maximum atomic E-state index is 12.0. The Morgan fingerprint density at radius 2 is 1.87 bits per heavy atom. The van der Waals surface area contributed by atoms with Crippen molar-refractivity contribution < 1.29 is 14.3 Å². The molecule has 1 amide bonds. The van der Waals surface area contributed by atoms with E-state index in [9.17, 15) is 4.79 Å². The van der Waals surface area contributed by atoms with Crippen LogP contribution >= 0.6 is 11.6 Å². The summed E-state index contributed by atoms with van der Waals surface area (Å²) < 4.78 is 11.7. The quantitative estimate of drug-likeness (QED) is 0.415. The van der Waals surface area contributed by atoms with Gasteiger partial charge < -0.3 is 14.4 Å². The largest absolute Gasteiger partial charge is 0.351 e. The Bertz CT molecular complexity index is 315. The average molecular weight is 348 g/mol. The van der Waals surface area contributed by atoms with Crippen molar-refractivity contribution in [3.05, 3.63) is 0 Å². The van der Waals surface area contributed by atoms with Crippen molar-refractivity contribution in [2.24, 2.45) is 5.92 Å². The lowest BCUT2D eigenvalue weighted by atomic mass is 9.99. The van der Waals surface area contributed by atoms with Gasteiger partial charge in [-0.15, -0.1) is 11.6 Å². The van der Waals surface area contributed by atoms with Crippen LogP contribution in [0.5, 0.6) is 0 Å². The van der Waals surface area contributed by atoms with E-state index >= 15 is 0 Å².